The molecule has 0 heterocycles. The molecule has 0 radical (unpaired) electrons. The fourth-order valence-electron chi connectivity index (χ4n) is 2.05. The van der Waals surface area contributed by atoms with Crippen molar-refractivity contribution in [2.45, 2.75) is 27.7 Å². The number of hydrogen-bond acceptors (Lipinski definition) is 1. The van der Waals surface area contributed by atoms with Crippen LogP contribution in [0.5, 0.6) is 11.5 Å². The molecular weight excluding hydrogens is 208 g/mol. The fraction of sp³-hybridized carbons (Fsp3) is 0.250. The van der Waals surface area contributed by atoms with E-state index in [0.717, 1.165) is 11.5 Å². The first-order chi connectivity index (χ1) is 8.06. The van der Waals surface area contributed by atoms with Gasteiger partial charge in [-0.2, -0.15) is 0 Å². The molecule has 2 aromatic rings. The first-order valence-corrected chi connectivity index (χ1v) is 5.88. The summed E-state index contributed by atoms with van der Waals surface area (Å²) in [6.45, 7) is 8.36. The number of aryl methyl sites for hydroxylation is 4. The van der Waals surface area contributed by atoms with Crippen molar-refractivity contribution >= 4 is 0 Å². The quantitative estimate of drug-likeness (QED) is 0.720. The summed E-state index contributed by atoms with van der Waals surface area (Å²) in [6, 6.07) is 12.4. The van der Waals surface area contributed by atoms with Crippen molar-refractivity contribution in [3.63, 3.8) is 0 Å². The Labute approximate surface area is 103 Å². The highest BCUT2D eigenvalue weighted by Gasteiger charge is 2.06. The number of rotatable bonds is 2. The molecule has 88 valence electrons. The average molecular weight is 226 g/mol. The van der Waals surface area contributed by atoms with Crippen LogP contribution in [0.4, 0.5) is 0 Å². The summed E-state index contributed by atoms with van der Waals surface area (Å²) in [5, 5.41) is 0. The summed E-state index contributed by atoms with van der Waals surface area (Å²) in [7, 11) is 0. The zero-order valence-corrected chi connectivity index (χ0v) is 10.9. The van der Waals surface area contributed by atoms with Gasteiger partial charge in [0.25, 0.3) is 0 Å². The summed E-state index contributed by atoms with van der Waals surface area (Å²) >= 11 is 0. The lowest BCUT2D eigenvalue weighted by atomic mass is 10.1. The fourth-order valence-corrected chi connectivity index (χ4v) is 2.05. The van der Waals surface area contributed by atoms with Crippen LogP contribution < -0.4 is 4.74 Å². The van der Waals surface area contributed by atoms with Crippen molar-refractivity contribution in [1.29, 1.82) is 0 Å². The molecule has 2 aromatic carbocycles. The second-order valence-electron chi connectivity index (χ2n) is 4.64. The maximum Gasteiger partial charge on any atom is 0.133 e. The van der Waals surface area contributed by atoms with Gasteiger partial charge in [-0.05, 0) is 51.0 Å². The van der Waals surface area contributed by atoms with E-state index in [9.17, 15) is 0 Å². The Morgan fingerprint density at radius 1 is 0.706 bits per heavy atom. The molecule has 0 aliphatic carbocycles. The first-order valence-electron chi connectivity index (χ1n) is 5.88. The Kier molecular flexibility index (Phi) is 3.19. The van der Waals surface area contributed by atoms with Gasteiger partial charge in [0.15, 0.2) is 0 Å². The molecule has 0 amide bonds. The molecule has 0 saturated carbocycles. The zero-order valence-electron chi connectivity index (χ0n) is 10.9. The van der Waals surface area contributed by atoms with Crippen LogP contribution >= 0.6 is 0 Å². The lowest BCUT2D eigenvalue weighted by Crippen LogP contribution is -1.92. The third-order valence-corrected chi connectivity index (χ3v) is 2.85. The normalized spacial score (nSPS) is 10.4. The van der Waals surface area contributed by atoms with Gasteiger partial charge in [-0.15, -0.1) is 0 Å². The maximum atomic E-state index is 5.95. The Morgan fingerprint density at radius 3 is 1.76 bits per heavy atom. The summed E-state index contributed by atoms with van der Waals surface area (Å²) in [5.74, 6) is 1.87. The molecule has 0 aliphatic rings. The van der Waals surface area contributed by atoms with E-state index in [4.69, 9.17) is 4.74 Å². The van der Waals surface area contributed by atoms with E-state index >= 15 is 0 Å². The van der Waals surface area contributed by atoms with Crippen molar-refractivity contribution in [3.8, 4) is 11.5 Å². The minimum absolute atomic E-state index is 0.894. The lowest BCUT2D eigenvalue weighted by molar-refractivity contribution is 0.475. The van der Waals surface area contributed by atoms with Gasteiger partial charge in [-0.1, -0.05) is 35.4 Å². The standard InChI is InChI=1S/C16H18O/c1-11-5-7-15(8-6-11)17-16-13(3)9-12(2)10-14(16)4/h5-10H,1-4H3. The Morgan fingerprint density at radius 2 is 1.24 bits per heavy atom. The van der Waals surface area contributed by atoms with E-state index in [1.807, 2.05) is 12.1 Å². The molecule has 1 heteroatoms. The Hall–Kier alpha value is -1.76. The van der Waals surface area contributed by atoms with Crippen molar-refractivity contribution in [1.82, 2.24) is 0 Å². The Bertz CT molecular complexity index is 501. The number of hydrogen-bond donors (Lipinski definition) is 0. The minimum Gasteiger partial charge on any atom is -0.457 e. The molecule has 0 bridgehead atoms. The zero-order chi connectivity index (χ0) is 12.4. The molecule has 0 atom stereocenters. The van der Waals surface area contributed by atoms with Crippen molar-refractivity contribution < 1.29 is 4.74 Å². The van der Waals surface area contributed by atoms with Gasteiger partial charge in [0.05, 0.1) is 0 Å². The molecule has 0 N–H and O–H groups in total. The van der Waals surface area contributed by atoms with Crippen molar-refractivity contribution in [2.75, 3.05) is 0 Å². The topological polar surface area (TPSA) is 9.23 Å². The molecule has 1 nitrogen and oxygen atoms in total. The predicted molar refractivity (Wildman–Crippen MR) is 71.9 cm³/mol. The molecule has 0 aromatic heterocycles. The highest BCUT2D eigenvalue weighted by molar-refractivity contribution is 5.45. The summed E-state index contributed by atoms with van der Waals surface area (Å²) < 4.78 is 5.95. The van der Waals surface area contributed by atoms with Crippen LogP contribution in [0.1, 0.15) is 22.3 Å². The van der Waals surface area contributed by atoms with Crippen LogP contribution in [0.2, 0.25) is 0 Å². The van der Waals surface area contributed by atoms with E-state index < -0.39 is 0 Å². The molecule has 0 saturated heterocycles. The average Bonchev–Trinajstić information content (AvgIpc) is 2.26. The van der Waals surface area contributed by atoms with E-state index in [1.54, 1.807) is 0 Å². The highest BCUT2D eigenvalue weighted by Crippen LogP contribution is 2.29. The van der Waals surface area contributed by atoms with Gasteiger partial charge >= 0.3 is 0 Å². The molecule has 0 fully saturated rings. The van der Waals surface area contributed by atoms with Crippen LogP contribution in [0.25, 0.3) is 0 Å². The van der Waals surface area contributed by atoms with E-state index in [-0.39, 0.29) is 0 Å². The smallest absolute Gasteiger partial charge is 0.133 e. The lowest BCUT2D eigenvalue weighted by Gasteiger charge is -2.12. The highest BCUT2D eigenvalue weighted by atomic mass is 16.5. The van der Waals surface area contributed by atoms with Gasteiger partial charge in [0.2, 0.25) is 0 Å². The van der Waals surface area contributed by atoms with Crippen LogP contribution in [-0.4, -0.2) is 0 Å². The third-order valence-electron chi connectivity index (χ3n) is 2.85. The number of benzene rings is 2. The van der Waals surface area contributed by atoms with Gasteiger partial charge in [-0.3, -0.25) is 0 Å². The third kappa shape index (κ3) is 2.68. The molecule has 2 rings (SSSR count). The molecule has 0 aliphatic heterocycles. The van der Waals surface area contributed by atoms with Gasteiger partial charge in [0, 0.05) is 0 Å². The predicted octanol–water partition coefficient (Wildman–Crippen LogP) is 4.71. The summed E-state index contributed by atoms with van der Waals surface area (Å²) in [4.78, 5) is 0. The second-order valence-corrected chi connectivity index (χ2v) is 4.64. The second kappa shape index (κ2) is 4.62. The van der Waals surface area contributed by atoms with Crippen molar-refractivity contribution in [2.24, 2.45) is 0 Å². The summed E-state index contributed by atoms with van der Waals surface area (Å²) in [5.41, 5.74) is 4.89. The SMILES string of the molecule is Cc1ccc(Oc2c(C)cc(C)cc2C)cc1. The largest absolute Gasteiger partial charge is 0.457 e. The molecule has 17 heavy (non-hydrogen) atoms. The Balaban J connectivity index is 2.33. The monoisotopic (exact) mass is 226 g/mol. The van der Waals surface area contributed by atoms with Gasteiger partial charge in [0.1, 0.15) is 11.5 Å². The molecular formula is C16H18O. The summed E-state index contributed by atoms with van der Waals surface area (Å²) in [6.07, 6.45) is 0. The molecule has 0 spiro atoms. The van der Waals surface area contributed by atoms with Gasteiger partial charge in [-0.25, -0.2) is 0 Å². The molecule has 0 unspecified atom stereocenters. The minimum atomic E-state index is 0.894. The van der Waals surface area contributed by atoms with E-state index in [0.29, 0.717) is 0 Å². The van der Waals surface area contributed by atoms with Crippen molar-refractivity contribution in [3.05, 3.63) is 58.7 Å². The van der Waals surface area contributed by atoms with E-state index in [1.165, 1.54) is 22.3 Å². The van der Waals surface area contributed by atoms with Crippen LogP contribution in [0, 0.1) is 27.7 Å². The van der Waals surface area contributed by atoms with Crippen LogP contribution in [0.15, 0.2) is 36.4 Å². The first kappa shape index (κ1) is 11.7. The van der Waals surface area contributed by atoms with Crippen LogP contribution in [-0.2, 0) is 0 Å². The van der Waals surface area contributed by atoms with E-state index in [2.05, 4.69) is 52.0 Å². The van der Waals surface area contributed by atoms with Gasteiger partial charge < -0.3 is 4.74 Å². The van der Waals surface area contributed by atoms with Crippen LogP contribution in [0.3, 0.4) is 0 Å². The maximum absolute atomic E-state index is 5.95. The number of ether oxygens (including phenoxy) is 1.